The average molecular weight is 261 g/mol. The Bertz CT molecular complexity index is 408. The first kappa shape index (κ1) is 13.3. The van der Waals surface area contributed by atoms with Gasteiger partial charge in [-0.25, -0.2) is 4.39 Å². The third-order valence-corrected chi connectivity index (χ3v) is 3.23. The maximum absolute atomic E-state index is 13.1. The molecular formula is C13H15F4N. The van der Waals surface area contributed by atoms with Crippen LogP contribution in [0.15, 0.2) is 18.2 Å². The Kier molecular flexibility index (Phi) is 3.90. The predicted molar refractivity (Wildman–Crippen MR) is 60.7 cm³/mol. The minimum atomic E-state index is -4.62. The molecule has 1 aliphatic rings. The molecule has 100 valence electrons. The van der Waals surface area contributed by atoms with Gasteiger partial charge >= 0.3 is 6.18 Å². The van der Waals surface area contributed by atoms with Crippen molar-refractivity contribution in [2.75, 3.05) is 6.54 Å². The molecule has 0 aliphatic carbocycles. The van der Waals surface area contributed by atoms with E-state index in [1.807, 2.05) is 0 Å². The van der Waals surface area contributed by atoms with Crippen molar-refractivity contribution in [3.63, 3.8) is 0 Å². The van der Waals surface area contributed by atoms with Crippen LogP contribution in [0.5, 0.6) is 0 Å². The molecule has 0 bridgehead atoms. The number of hydrogen-bond donors (Lipinski definition) is 1. The fourth-order valence-corrected chi connectivity index (χ4v) is 2.30. The van der Waals surface area contributed by atoms with E-state index in [4.69, 9.17) is 0 Å². The molecule has 1 unspecified atom stereocenters. The lowest BCUT2D eigenvalue weighted by Crippen LogP contribution is -2.35. The van der Waals surface area contributed by atoms with Crippen LogP contribution in [0.4, 0.5) is 17.6 Å². The monoisotopic (exact) mass is 261 g/mol. The summed E-state index contributed by atoms with van der Waals surface area (Å²) in [6.45, 7) is 0.901. The summed E-state index contributed by atoms with van der Waals surface area (Å²) in [6, 6.07) is 3.46. The molecule has 0 aromatic heterocycles. The normalized spacial score (nSPS) is 21.0. The second-order valence-electron chi connectivity index (χ2n) is 4.66. The minimum Gasteiger partial charge on any atom is -0.314 e. The van der Waals surface area contributed by atoms with E-state index in [-0.39, 0.29) is 6.04 Å². The van der Waals surface area contributed by atoms with Crippen LogP contribution in [0, 0.1) is 5.82 Å². The van der Waals surface area contributed by atoms with Crippen LogP contribution in [0.1, 0.15) is 30.4 Å². The molecule has 18 heavy (non-hydrogen) atoms. The highest BCUT2D eigenvalue weighted by atomic mass is 19.4. The summed E-state index contributed by atoms with van der Waals surface area (Å²) < 4.78 is 50.8. The molecule has 2 rings (SSSR count). The third kappa shape index (κ3) is 3.22. The summed E-state index contributed by atoms with van der Waals surface area (Å²) in [5, 5.41) is 3.27. The molecule has 1 N–H and O–H groups in total. The van der Waals surface area contributed by atoms with E-state index in [2.05, 4.69) is 5.32 Å². The third-order valence-electron chi connectivity index (χ3n) is 3.23. The molecule has 1 nitrogen and oxygen atoms in total. The van der Waals surface area contributed by atoms with Crippen molar-refractivity contribution >= 4 is 0 Å². The predicted octanol–water partition coefficient (Wildman–Crippen LogP) is 3.53. The van der Waals surface area contributed by atoms with E-state index < -0.39 is 17.6 Å². The van der Waals surface area contributed by atoms with Gasteiger partial charge in [-0.3, -0.25) is 0 Å². The molecule has 1 atom stereocenters. The zero-order valence-electron chi connectivity index (χ0n) is 9.86. The van der Waals surface area contributed by atoms with Gasteiger partial charge < -0.3 is 5.32 Å². The smallest absolute Gasteiger partial charge is 0.314 e. The first-order valence-electron chi connectivity index (χ1n) is 6.06. The molecule has 1 aliphatic heterocycles. The largest absolute Gasteiger partial charge is 0.419 e. The number of halogens is 4. The van der Waals surface area contributed by atoms with Crippen molar-refractivity contribution in [1.82, 2.24) is 5.32 Å². The van der Waals surface area contributed by atoms with Crippen molar-refractivity contribution < 1.29 is 17.6 Å². The summed E-state index contributed by atoms with van der Waals surface area (Å²) in [6.07, 6.45) is -0.957. The fraction of sp³-hybridized carbons (Fsp3) is 0.538. The lowest BCUT2D eigenvalue weighted by atomic mass is 9.96. The van der Waals surface area contributed by atoms with Crippen LogP contribution < -0.4 is 5.32 Å². The summed E-state index contributed by atoms with van der Waals surface area (Å²) >= 11 is 0. The topological polar surface area (TPSA) is 12.0 Å². The first-order valence-corrected chi connectivity index (χ1v) is 6.06. The molecule has 1 fully saturated rings. The van der Waals surface area contributed by atoms with Gasteiger partial charge in [-0.1, -0.05) is 12.5 Å². The zero-order valence-corrected chi connectivity index (χ0v) is 9.86. The summed E-state index contributed by atoms with van der Waals surface area (Å²) in [5.41, 5.74) is -0.640. The van der Waals surface area contributed by atoms with E-state index in [1.165, 1.54) is 6.07 Å². The molecular weight excluding hydrogens is 246 g/mol. The molecule has 0 spiro atoms. The van der Waals surface area contributed by atoms with Gasteiger partial charge in [0, 0.05) is 6.04 Å². The van der Waals surface area contributed by atoms with E-state index in [1.54, 1.807) is 0 Å². The second kappa shape index (κ2) is 5.26. The van der Waals surface area contributed by atoms with Crippen molar-refractivity contribution in [2.45, 2.75) is 37.9 Å². The highest BCUT2D eigenvalue weighted by Crippen LogP contribution is 2.32. The van der Waals surface area contributed by atoms with Gasteiger partial charge in [-0.05, 0) is 43.5 Å². The van der Waals surface area contributed by atoms with Crippen molar-refractivity contribution in [1.29, 1.82) is 0 Å². The fourth-order valence-electron chi connectivity index (χ4n) is 2.30. The van der Waals surface area contributed by atoms with Crippen LogP contribution in [-0.2, 0) is 12.6 Å². The van der Waals surface area contributed by atoms with Gasteiger partial charge in [-0.2, -0.15) is 13.2 Å². The number of piperidine rings is 1. The SMILES string of the molecule is Fc1ccc(CC2CCCCN2)cc1C(F)(F)F. The molecule has 1 aromatic carbocycles. The first-order chi connectivity index (χ1) is 8.47. The molecule has 1 aromatic rings. The Morgan fingerprint density at radius 2 is 2.00 bits per heavy atom. The van der Waals surface area contributed by atoms with Crippen molar-refractivity contribution in [3.05, 3.63) is 35.1 Å². The number of alkyl halides is 3. The molecule has 5 heteroatoms. The van der Waals surface area contributed by atoms with E-state index in [9.17, 15) is 17.6 Å². The van der Waals surface area contributed by atoms with Crippen LogP contribution in [-0.4, -0.2) is 12.6 Å². The van der Waals surface area contributed by atoms with E-state index >= 15 is 0 Å². The molecule has 0 radical (unpaired) electrons. The Balaban J connectivity index is 2.14. The van der Waals surface area contributed by atoms with Gasteiger partial charge in [0.05, 0.1) is 5.56 Å². The van der Waals surface area contributed by atoms with Crippen LogP contribution in [0.2, 0.25) is 0 Å². The van der Waals surface area contributed by atoms with Crippen molar-refractivity contribution in [2.24, 2.45) is 0 Å². The van der Waals surface area contributed by atoms with Crippen LogP contribution in [0.25, 0.3) is 0 Å². The standard InChI is InChI=1S/C13H15F4N/c14-12-5-4-9(8-11(12)13(15,16)17)7-10-3-1-2-6-18-10/h4-5,8,10,18H,1-3,6-7H2. The second-order valence-corrected chi connectivity index (χ2v) is 4.66. The Morgan fingerprint density at radius 3 is 2.61 bits per heavy atom. The van der Waals surface area contributed by atoms with Gasteiger partial charge in [0.15, 0.2) is 0 Å². The lowest BCUT2D eigenvalue weighted by molar-refractivity contribution is -0.140. The van der Waals surface area contributed by atoms with Gasteiger partial charge in [-0.15, -0.1) is 0 Å². The van der Waals surface area contributed by atoms with E-state index in [0.717, 1.165) is 37.9 Å². The number of hydrogen-bond acceptors (Lipinski definition) is 1. The summed E-state index contributed by atoms with van der Waals surface area (Å²) in [5.74, 6) is -1.21. The summed E-state index contributed by atoms with van der Waals surface area (Å²) in [4.78, 5) is 0. The Morgan fingerprint density at radius 1 is 1.22 bits per heavy atom. The maximum atomic E-state index is 13.1. The number of benzene rings is 1. The Labute approximate surface area is 103 Å². The highest BCUT2D eigenvalue weighted by molar-refractivity contribution is 5.28. The van der Waals surface area contributed by atoms with Gasteiger partial charge in [0.2, 0.25) is 0 Å². The lowest BCUT2D eigenvalue weighted by Gasteiger charge is -2.23. The Hall–Kier alpha value is -1.10. The van der Waals surface area contributed by atoms with E-state index in [0.29, 0.717) is 12.0 Å². The van der Waals surface area contributed by atoms with Gasteiger partial charge in [0.1, 0.15) is 5.82 Å². The maximum Gasteiger partial charge on any atom is 0.419 e. The van der Waals surface area contributed by atoms with Crippen molar-refractivity contribution in [3.8, 4) is 0 Å². The molecule has 1 heterocycles. The van der Waals surface area contributed by atoms with Gasteiger partial charge in [0.25, 0.3) is 0 Å². The molecule has 0 saturated carbocycles. The quantitative estimate of drug-likeness (QED) is 0.803. The zero-order chi connectivity index (χ0) is 13.2. The number of nitrogens with one attached hydrogen (secondary N) is 1. The van der Waals surface area contributed by atoms with Crippen LogP contribution >= 0.6 is 0 Å². The van der Waals surface area contributed by atoms with Crippen LogP contribution in [0.3, 0.4) is 0 Å². The average Bonchev–Trinajstić information content (AvgIpc) is 2.31. The summed E-state index contributed by atoms with van der Waals surface area (Å²) in [7, 11) is 0. The highest BCUT2D eigenvalue weighted by Gasteiger charge is 2.34. The molecule has 1 saturated heterocycles. The minimum absolute atomic E-state index is 0.199. The molecule has 0 amide bonds. The number of rotatable bonds is 2.